The molecular formula is C19H13ClFNO3S2. The van der Waals surface area contributed by atoms with Gasteiger partial charge in [0, 0.05) is 33.2 Å². The lowest BCUT2D eigenvalue weighted by Gasteiger charge is -2.24. The molecule has 0 radical (unpaired) electrons. The van der Waals surface area contributed by atoms with Crippen LogP contribution in [0, 0.1) is 5.82 Å². The van der Waals surface area contributed by atoms with Crippen LogP contribution >= 0.6 is 22.9 Å². The maximum atomic E-state index is 14.4. The van der Waals surface area contributed by atoms with Crippen molar-refractivity contribution in [2.75, 3.05) is 5.32 Å². The summed E-state index contributed by atoms with van der Waals surface area (Å²) in [6, 6.07) is 12.3. The molecule has 27 heavy (non-hydrogen) atoms. The Balaban J connectivity index is 1.89. The Hall–Kier alpha value is -2.22. The van der Waals surface area contributed by atoms with Crippen LogP contribution in [-0.2, 0) is 14.6 Å². The number of thiophene rings is 1. The number of amides is 1. The zero-order valence-electron chi connectivity index (χ0n) is 13.8. The Kier molecular flexibility index (Phi) is 4.53. The van der Waals surface area contributed by atoms with E-state index in [9.17, 15) is 17.6 Å². The van der Waals surface area contributed by atoms with E-state index in [1.54, 1.807) is 24.3 Å². The van der Waals surface area contributed by atoms with Crippen LogP contribution in [0.1, 0.15) is 22.8 Å². The summed E-state index contributed by atoms with van der Waals surface area (Å²) >= 11 is 7.36. The first-order valence-corrected chi connectivity index (χ1v) is 10.8. The van der Waals surface area contributed by atoms with E-state index in [4.69, 9.17) is 11.6 Å². The molecule has 1 aromatic heterocycles. The Bertz CT molecular complexity index is 1120. The number of hydrogen-bond donors (Lipinski definition) is 1. The van der Waals surface area contributed by atoms with Crippen molar-refractivity contribution in [1.82, 2.24) is 0 Å². The average molecular weight is 422 g/mol. The van der Waals surface area contributed by atoms with Gasteiger partial charge in [-0.3, -0.25) is 4.79 Å². The van der Waals surface area contributed by atoms with Gasteiger partial charge >= 0.3 is 0 Å². The number of hydrogen-bond acceptors (Lipinski definition) is 4. The first-order valence-electron chi connectivity index (χ1n) is 8.05. The lowest BCUT2D eigenvalue weighted by molar-refractivity contribution is -0.116. The third kappa shape index (κ3) is 3.05. The highest BCUT2D eigenvalue weighted by Gasteiger charge is 2.36. The molecule has 3 aromatic rings. The van der Waals surface area contributed by atoms with Crippen LogP contribution < -0.4 is 5.32 Å². The van der Waals surface area contributed by atoms with E-state index < -0.39 is 21.6 Å². The number of anilines is 1. The number of carbonyl (C=O) groups excluding carboxylic acids is 1. The van der Waals surface area contributed by atoms with Crippen LogP contribution in [0.15, 0.2) is 63.7 Å². The third-order valence-electron chi connectivity index (χ3n) is 4.45. The van der Waals surface area contributed by atoms with E-state index in [2.05, 4.69) is 5.32 Å². The SMILES string of the molecule is O=C1C[C@@H](c2c(F)cccc2Cl)c2scc(S(=O)(=O)c3ccccc3)c2N1. The van der Waals surface area contributed by atoms with Gasteiger partial charge in [-0.2, -0.15) is 0 Å². The molecule has 1 atom stereocenters. The second kappa shape index (κ2) is 6.74. The summed E-state index contributed by atoms with van der Waals surface area (Å²) < 4.78 is 40.4. The number of fused-ring (bicyclic) bond motifs is 1. The second-order valence-corrected chi connectivity index (χ2v) is 9.33. The molecule has 0 fully saturated rings. The Morgan fingerprint density at radius 1 is 1.11 bits per heavy atom. The molecule has 4 nitrogen and oxygen atoms in total. The second-order valence-electron chi connectivity index (χ2n) is 6.10. The molecule has 1 amide bonds. The van der Waals surface area contributed by atoms with Crippen LogP contribution in [0.5, 0.6) is 0 Å². The summed E-state index contributed by atoms with van der Waals surface area (Å²) in [4.78, 5) is 13.0. The topological polar surface area (TPSA) is 63.2 Å². The summed E-state index contributed by atoms with van der Waals surface area (Å²) in [5, 5.41) is 4.35. The molecule has 4 rings (SSSR count). The molecule has 0 saturated carbocycles. The molecule has 1 N–H and O–H groups in total. The molecule has 1 aliphatic heterocycles. The standard InChI is InChI=1S/C19H13ClFNO3S2/c20-13-7-4-8-14(21)17(13)12-9-16(23)22-18-15(10-26-19(12)18)27(24,25)11-5-2-1-3-6-11/h1-8,10,12H,9H2,(H,22,23)/t12-/m0/s1. The minimum absolute atomic E-state index is 0.00100. The van der Waals surface area contributed by atoms with Crippen LogP contribution in [0.3, 0.4) is 0 Å². The fourth-order valence-corrected chi connectivity index (χ4v) is 6.41. The Morgan fingerprint density at radius 2 is 1.85 bits per heavy atom. The molecule has 0 aliphatic carbocycles. The number of halogens is 2. The summed E-state index contributed by atoms with van der Waals surface area (Å²) in [6.07, 6.45) is -0.00100. The van der Waals surface area contributed by atoms with Crippen molar-refractivity contribution in [2.24, 2.45) is 0 Å². The van der Waals surface area contributed by atoms with E-state index in [0.717, 1.165) is 0 Å². The largest absolute Gasteiger partial charge is 0.324 e. The van der Waals surface area contributed by atoms with Crippen molar-refractivity contribution in [3.8, 4) is 0 Å². The highest BCUT2D eigenvalue weighted by molar-refractivity contribution is 7.91. The molecule has 1 aliphatic rings. The Morgan fingerprint density at radius 3 is 2.56 bits per heavy atom. The lowest BCUT2D eigenvalue weighted by atomic mass is 9.90. The molecule has 8 heteroatoms. The number of rotatable bonds is 3. The van der Waals surface area contributed by atoms with Crippen LogP contribution in [0.25, 0.3) is 0 Å². The van der Waals surface area contributed by atoms with Crippen molar-refractivity contribution >= 4 is 44.4 Å². The van der Waals surface area contributed by atoms with E-state index in [-0.39, 0.29) is 38.4 Å². The summed E-state index contributed by atoms with van der Waals surface area (Å²) in [6.45, 7) is 0. The van der Waals surface area contributed by atoms with Gasteiger partial charge in [0.2, 0.25) is 15.7 Å². The van der Waals surface area contributed by atoms with Crippen LogP contribution in [0.2, 0.25) is 5.02 Å². The predicted molar refractivity (Wildman–Crippen MR) is 103 cm³/mol. The van der Waals surface area contributed by atoms with Gasteiger partial charge in [0.1, 0.15) is 10.7 Å². The number of benzene rings is 2. The summed E-state index contributed by atoms with van der Waals surface area (Å²) in [5.41, 5.74) is 0.421. The minimum atomic E-state index is -3.82. The molecule has 0 spiro atoms. The van der Waals surface area contributed by atoms with Crippen LogP contribution in [-0.4, -0.2) is 14.3 Å². The normalized spacial score (nSPS) is 16.7. The van der Waals surface area contributed by atoms with Gasteiger partial charge in [0.25, 0.3) is 0 Å². The smallest absolute Gasteiger partial charge is 0.225 e. The molecule has 0 unspecified atom stereocenters. The zero-order chi connectivity index (χ0) is 19.2. The van der Waals surface area contributed by atoms with Gasteiger partial charge in [0.15, 0.2) is 0 Å². The van der Waals surface area contributed by atoms with Gasteiger partial charge in [-0.25, -0.2) is 12.8 Å². The summed E-state index contributed by atoms with van der Waals surface area (Å²) in [7, 11) is -3.82. The minimum Gasteiger partial charge on any atom is -0.324 e. The highest BCUT2D eigenvalue weighted by atomic mass is 35.5. The van der Waals surface area contributed by atoms with Crippen molar-refractivity contribution in [3.63, 3.8) is 0 Å². The van der Waals surface area contributed by atoms with Gasteiger partial charge in [0.05, 0.1) is 10.6 Å². The van der Waals surface area contributed by atoms with Crippen molar-refractivity contribution in [2.45, 2.75) is 22.1 Å². The van der Waals surface area contributed by atoms with E-state index in [1.165, 1.54) is 41.0 Å². The maximum absolute atomic E-state index is 14.4. The summed E-state index contributed by atoms with van der Waals surface area (Å²) in [5.74, 6) is -1.53. The van der Waals surface area contributed by atoms with Gasteiger partial charge in [-0.05, 0) is 24.3 Å². The van der Waals surface area contributed by atoms with Crippen molar-refractivity contribution in [1.29, 1.82) is 0 Å². The first kappa shape index (κ1) is 18.2. The monoisotopic (exact) mass is 421 g/mol. The molecule has 2 heterocycles. The first-order chi connectivity index (χ1) is 12.9. The number of carbonyl (C=O) groups is 1. The van der Waals surface area contributed by atoms with Gasteiger partial charge in [-0.15, -0.1) is 11.3 Å². The molecule has 0 saturated heterocycles. The molecule has 138 valence electrons. The van der Waals surface area contributed by atoms with Crippen molar-refractivity contribution in [3.05, 3.63) is 75.2 Å². The maximum Gasteiger partial charge on any atom is 0.225 e. The Labute approximate surface area is 164 Å². The van der Waals surface area contributed by atoms with Crippen molar-refractivity contribution < 1.29 is 17.6 Å². The molecule has 2 aromatic carbocycles. The lowest BCUT2D eigenvalue weighted by Crippen LogP contribution is -2.24. The predicted octanol–water partition coefficient (Wildman–Crippen LogP) is 4.85. The van der Waals surface area contributed by atoms with Gasteiger partial charge in [-0.1, -0.05) is 35.9 Å². The number of nitrogens with one attached hydrogen (secondary N) is 1. The fraction of sp³-hybridized carbons (Fsp3) is 0.105. The quantitative estimate of drug-likeness (QED) is 0.657. The van der Waals surface area contributed by atoms with Crippen LogP contribution in [0.4, 0.5) is 10.1 Å². The highest BCUT2D eigenvalue weighted by Crippen LogP contribution is 2.47. The third-order valence-corrected chi connectivity index (χ3v) is 7.82. The molecule has 0 bridgehead atoms. The van der Waals surface area contributed by atoms with E-state index in [0.29, 0.717) is 4.88 Å². The average Bonchev–Trinajstić information content (AvgIpc) is 3.07. The van der Waals surface area contributed by atoms with E-state index >= 15 is 0 Å². The number of sulfone groups is 1. The fourth-order valence-electron chi connectivity index (χ4n) is 3.21. The zero-order valence-corrected chi connectivity index (χ0v) is 16.2. The van der Waals surface area contributed by atoms with E-state index in [1.807, 2.05) is 0 Å². The molecular weight excluding hydrogens is 409 g/mol. The van der Waals surface area contributed by atoms with Gasteiger partial charge < -0.3 is 5.32 Å².